The van der Waals surface area contributed by atoms with Gasteiger partial charge in [-0.2, -0.15) is 0 Å². The summed E-state index contributed by atoms with van der Waals surface area (Å²) < 4.78 is 11.4. The number of aliphatic hydroxyl groups is 1. The van der Waals surface area contributed by atoms with E-state index in [4.69, 9.17) is 14.5 Å². The second-order valence-electron chi connectivity index (χ2n) is 6.80. The highest BCUT2D eigenvalue weighted by Crippen LogP contribution is 2.35. The number of aryl methyl sites for hydroxylation is 1. The number of rotatable bonds is 4. The minimum Gasteiger partial charge on any atom is -0.486 e. The average molecular weight is 364 g/mol. The number of Topliss-reactive ketones (excluding diaryl/α,β-unsaturated/α-hetero) is 1. The Morgan fingerprint density at radius 2 is 2.04 bits per heavy atom. The molecule has 0 radical (unpaired) electrons. The fourth-order valence-electron chi connectivity index (χ4n) is 3.17. The molecule has 2 aromatic carbocycles. The number of hydrogen-bond acceptors (Lipinski definition) is 6. The number of nitrogens with zero attached hydrogens (tertiary/aromatic N) is 2. The van der Waals surface area contributed by atoms with Gasteiger partial charge >= 0.3 is 0 Å². The molecular formula is C21H20N2O4. The fourth-order valence-corrected chi connectivity index (χ4v) is 3.17. The molecule has 138 valence electrons. The molecule has 0 unspecified atom stereocenters. The largest absolute Gasteiger partial charge is 0.486 e. The van der Waals surface area contributed by atoms with Gasteiger partial charge in [0.2, 0.25) is 0 Å². The van der Waals surface area contributed by atoms with Crippen molar-refractivity contribution in [2.24, 2.45) is 0 Å². The number of aliphatic hydroxyl groups excluding tert-OH is 1. The number of ether oxygens (including phenoxy) is 2. The second kappa shape index (κ2) is 6.96. The van der Waals surface area contributed by atoms with Crippen LogP contribution in [0.15, 0.2) is 36.5 Å². The number of ketones is 1. The number of carbonyl (C=O) groups excluding carboxylic acids is 1. The zero-order chi connectivity index (χ0) is 19.0. The van der Waals surface area contributed by atoms with Crippen molar-refractivity contribution in [3.63, 3.8) is 0 Å². The topological polar surface area (TPSA) is 81.5 Å². The highest BCUT2D eigenvalue weighted by atomic mass is 16.6. The molecule has 1 aliphatic rings. The fraction of sp³-hybridized carbons (Fsp3) is 0.286. The predicted octanol–water partition coefficient (Wildman–Crippen LogP) is 2.87. The lowest BCUT2D eigenvalue weighted by Crippen LogP contribution is -2.32. The van der Waals surface area contributed by atoms with Crippen LogP contribution in [-0.4, -0.2) is 40.2 Å². The first-order valence-corrected chi connectivity index (χ1v) is 8.84. The van der Waals surface area contributed by atoms with Crippen molar-refractivity contribution in [1.82, 2.24) is 9.97 Å². The van der Waals surface area contributed by atoms with E-state index < -0.39 is 0 Å². The molecular weight excluding hydrogens is 344 g/mol. The number of hydrogen-bond donors (Lipinski definition) is 1. The Morgan fingerprint density at radius 1 is 1.22 bits per heavy atom. The lowest BCUT2D eigenvalue weighted by atomic mass is 10.00. The molecule has 1 aromatic heterocycles. The van der Waals surface area contributed by atoms with Crippen LogP contribution in [0.5, 0.6) is 11.5 Å². The summed E-state index contributed by atoms with van der Waals surface area (Å²) in [6.45, 7) is 3.80. The molecule has 1 aliphatic heterocycles. The van der Waals surface area contributed by atoms with Crippen molar-refractivity contribution >= 4 is 16.8 Å². The van der Waals surface area contributed by atoms with Gasteiger partial charge in [-0.05, 0) is 31.0 Å². The highest BCUT2D eigenvalue weighted by molar-refractivity contribution is 5.82. The summed E-state index contributed by atoms with van der Waals surface area (Å²) in [4.78, 5) is 20.6. The monoisotopic (exact) mass is 364 g/mol. The zero-order valence-electron chi connectivity index (χ0n) is 15.2. The van der Waals surface area contributed by atoms with Crippen molar-refractivity contribution in [1.29, 1.82) is 0 Å². The van der Waals surface area contributed by atoms with Crippen LogP contribution in [0.4, 0.5) is 0 Å². The minimum absolute atomic E-state index is 0.102. The van der Waals surface area contributed by atoms with Crippen LogP contribution in [0.25, 0.3) is 22.3 Å². The smallest absolute Gasteiger partial charge is 0.164 e. The molecule has 3 aromatic rings. The van der Waals surface area contributed by atoms with Crippen LogP contribution in [-0.2, 0) is 11.2 Å². The summed E-state index contributed by atoms with van der Waals surface area (Å²) in [5.74, 6) is 1.32. The van der Waals surface area contributed by atoms with Crippen LogP contribution in [0.3, 0.4) is 0 Å². The Bertz CT molecular complexity index is 1030. The van der Waals surface area contributed by atoms with Crippen LogP contribution in [0.1, 0.15) is 18.1 Å². The first kappa shape index (κ1) is 17.4. The molecule has 1 N–H and O–H groups in total. The van der Waals surface area contributed by atoms with Crippen molar-refractivity contribution in [3.05, 3.63) is 47.7 Å². The standard InChI is InChI=1S/C21H20N2O4/c1-12-5-15(4-3-14(12)6-13(2)25)19-9-22-17-7-20-21(8-18(17)23-19)27-16(10-24)11-26-20/h3-5,7-9,16,24H,6,10-11H2,1-2H3/t16-/m1/s1. The predicted molar refractivity (Wildman–Crippen MR) is 101 cm³/mol. The molecule has 4 rings (SSSR count). The van der Waals surface area contributed by atoms with Crippen LogP contribution in [0, 0.1) is 6.92 Å². The van der Waals surface area contributed by atoms with Gasteiger partial charge in [-0.15, -0.1) is 0 Å². The Balaban J connectivity index is 1.71. The summed E-state index contributed by atoms with van der Waals surface area (Å²) >= 11 is 0. The van der Waals surface area contributed by atoms with Gasteiger partial charge in [0.15, 0.2) is 17.6 Å². The Morgan fingerprint density at radius 3 is 2.78 bits per heavy atom. The van der Waals surface area contributed by atoms with Crippen LogP contribution >= 0.6 is 0 Å². The van der Waals surface area contributed by atoms with E-state index in [1.165, 1.54) is 0 Å². The second-order valence-corrected chi connectivity index (χ2v) is 6.80. The van der Waals surface area contributed by atoms with E-state index in [1.54, 1.807) is 25.3 Å². The van der Waals surface area contributed by atoms with Gasteiger partial charge in [0.25, 0.3) is 0 Å². The molecule has 6 heteroatoms. The molecule has 0 saturated carbocycles. The van der Waals surface area contributed by atoms with E-state index >= 15 is 0 Å². The maximum Gasteiger partial charge on any atom is 0.164 e. The van der Waals surface area contributed by atoms with Gasteiger partial charge in [0.1, 0.15) is 12.4 Å². The van der Waals surface area contributed by atoms with Gasteiger partial charge in [-0.25, -0.2) is 4.98 Å². The molecule has 27 heavy (non-hydrogen) atoms. The highest BCUT2D eigenvalue weighted by Gasteiger charge is 2.21. The molecule has 6 nitrogen and oxygen atoms in total. The maximum atomic E-state index is 11.4. The number of fused-ring (bicyclic) bond motifs is 2. The third kappa shape index (κ3) is 3.48. The summed E-state index contributed by atoms with van der Waals surface area (Å²) in [5, 5.41) is 9.27. The van der Waals surface area contributed by atoms with Gasteiger partial charge in [-0.1, -0.05) is 12.1 Å². The lowest BCUT2D eigenvalue weighted by Gasteiger charge is -2.25. The van der Waals surface area contributed by atoms with Gasteiger partial charge in [-0.3, -0.25) is 9.78 Å². The van der Waals surface area contributed by atoms with Crippen molar-refractivity contribution in [2.45, 2.75) is 26.4 Å². The normalized spacial score (nSPS) is 15.7. The Hall–Kier alpha value is -2.99. The number of benzene rings is 2. The Labute approximate surface area is 156 Å². The van der Waals surface area contributed by atoms with E-state index in [-0.39, 0.29) is 18.5 Å². The molecule has 0 aliphatic carbocycles. The first-order chi connectivity index (χ1) is 13.0. The quantitative estimate of drug-likeness (QED) is 0.767. The number of carbonyl (C=O) groups is 1. The summed E-state index contributed by atoms with van der Waals surface area (Å²) in [5.41, 5.74) is 5.17. The van der Waals surface area contributed by atoms with E-state index in [1.807, 2.05) is 25.1 Å². The third-order valence-electron chi connectivity index (χ3n) is 4.61. The zero-order valence-corrected chi connectivity index (χ0v) is 15.2. The molecule has 0 saturated heterocycles. The lowest BCUT2D eigenvalue weighted by molar-refractivity contribution is -0.116. The SMILES string of the molecule is CC(=O)Cc1ccc(-c2cnc3cc4c(cc3n2)O[C@H](CO)CO4)cc1C. The van der Waals surface area contributed by atoms with Gasteiger partial charge in [0.05, 0.1) is 29.5 Å². The van der Waals surface area contributed by atoms with Crippen LogP contribution in [0.2, 0.25) is 0 Å². The van der Waals surface area contributed by atoms with E-state index in [2.05, 4.69) is 4.98 Å². The summed E-state index contributed by atoms with van der Waals surface area (Å²) in [6.07, 6.45) is 1.79. The third-order valence-corrected chi connectivity index (χ3v) is 4.61. The molecule has 0 bridgehead atoms. The average Bonchev–Trinajstić information content (AvgIpc) is 2.66. The minimum atomic E-state index is -0.373. The Kier molecular flexibility index (Phi) is 4.49. The van der Waals surface area contributed by atoms with E-state index in [9.17, 15) is 9.90 Å². The van der Waals surface area contributed by atoms with Gasteiger partial charge in [0, 0.05) is 24.1 Å². The molecule has 0 spiro atoms. The van der Waals surface area contributed by atoms with Crippen molar-refractivity contribution in [2.75, 3.05) is 13.2 Å². The first-order valence-electron chi connectivity index (χ1n) is 8.84. The van der Waals surface area contributed by atoms with Crippen molar-refractivity contribution < 1.29 is 19.4 Å². The van der Waals surface area contributed by atoms with Crippen molar-refractivity contribution in [3.8, 4) is 22.8 Å². The molecule has 0 amide bonds. The van der Waals surface area contributed by atoms with Gasteiger partial charge < -0.3 is 14.6 Å². The molecule has 0 fully saturated rings. The summed E-state index contributed by atoms with van der Waals surface area (Å²) in [6, 6.07) is 9.54. The van der Waals surface area contributed by atoms with Crippen LogP contribution < -0.4 is 9.47 Å². The maximum absolute atomic E-state index is 11.4. The molecule has 2 heterocycles. The number of aromatic nitrogens is 2. The van der Waals surface area contributed by atoms with E-state index in [0.717, 1.165) is 22.4 Å². The van der Waals surface area contributed by atoms with E-state index in [0.29, 0.717) is 35.6 Å². The molecule has 1 atom stereocenters. The summed E-state index contributed by atoms with van der Waals surface area (Å²) in [7, 11) is 0.